The van der Waals surface area contributed by atoms with E-state index >= 15 is 0 Å². The van der Waals surface area contributed by atoms with Crippen LogP contribution >= 0.6 is 11.5 Å². The number of sulfonamides is 1. The van der Waals surface area contributed by atoms with Gasteiger partial charge in [-0.15, -0.1) is 10.2 Å². The van der Waals surface area contributed by atoms with E-state index in [-0.39, 0.29) is 23.7 Å². The van der Waals surface area contributed by atoms with Crippen LogP contribution in [0.5, 0.6) is 5.75 Å². The molecule has 172 valence electrons. The Morgan fingerprint density at radius 3 is 2.58 bits per heavy atom. The lowest BCUT2D eigenvalue weighted by atomic mass is 10.1. The molecule has 9 nitrogen and oxygen atoms in total. The van der Waals surface area contributed by atoms with E-state index in [0.29, 0.717) is 33.7 Å². The molecule has 0 radical (unpaired) electrons. The van der Waals surface area contributed by atoms with Crippen molar-refractivity contribution in [2.45, 2.75) is 25.7 Å². The molecule has 0 atom stereocenters. The highest BCUT2D eigenvalue weighted by Gasteiger charge is 2.28. The fourth-order valence-corrected chi connectivity index (χ4v) is 5.91. The first kappa shape index (κ1) is 23.0. The van der Waals surface area contributed by atoms with E-state index in [1.54, 1.807) is 38.2 Å². The first-order valence-corrected chi connectivity index (χ1v) is 12.8. The van der Waals surface area contributed by atoms with Crippen LogP contribution in [0.25, 0.3) is 21.8 Å². The molecule has 0 spiro atoms. The van der Waals surface area contributed by atoms with E-state index in [1.807, 2.05) is 19.1 Å². The monoisotopic (exact) mass is 484 g/mol. The Hall–Kier alpha value is -3.15. The summed E-state index contributed by atoms with van der Waals surface area (Å²) in [7, 11) is -3.94. The maximum Gasteiger partial charge on any atom is 0.246 e. The maximum atomic E-state index is 13.3. The summed E-state index contributed by atoms with van der Waals surface area (Å²) in [6.07, 6.45) is 1.66. The Bertz CT molecular complexity index is 1450. The van der Waals surface area contributed by atoms with Crippen LogP contribution < -0.4 is 5.32 Å². The highest BCUT2D eigenvalue weighted by Crippen LogP contribution is 2.43. The Labute approximate surface area is 196 Å². The molecule has 2 aromatic carbocycles. The number of pyridine rings is 1. The van der Waals surface area contributed by atoms with Gasteiger partial charge in [0.25, 0.3) is 0 Å². The van der Waals surface area contributed by atoms with Gasteiger partial charge in [0.05, 0.1) is 11.1 Å². The number of fused-ring (bicyclic) bond motifs is 2. The Kier molecular flexibility index (Phi) is 6.54. The third-order valence-electron chi connectivity index (χ3n) is 5.25. The molecule has 0 saturated heterocycles. The molecule has 4 rings (SSSR count). The average Bonchev–Trinajstić information content (AvgIpc) is 3.23. The van der Waals surface area contributed by atoms with Gasteiger partial charge >= 0.3 is 0 Å². The molecule has 11 heteroatoms. The van der Waals surface area contributed by atoms with Crippen LogP contribution in [0.1, 0.15) is 20.8 Å². The lowest BCUT2D eigenvalue weighted by Crippen LogP contribution is -2.30. The lowest BCUT2D eigenvalue weighted by molar-refractivity contribution is 0.431. The standard InChI is InChI=1S/C22H24N6O3S2/c1-4-23-16-11-7-9-14-19(16)17(13-18(20(14)29)33(30,31)28(5-2)6-3)25-26-22-15-10-8-12-24-21(15)27-32-22/h7-13,23,29H,4-6H2,1-3H3. The predicted octanol–water partition coefficient (Wildman–Crippen LogP) is 5.43. The molecule has 4 aromatic rings. The average molecular weight is 485 g/mol. The molecule has 2 aromatic heterocycles. The topological polar surface area (TPSA) is 120 Å². The summed E-state index contributed by atoms with van der Waals surface area (Å²) < 4.78 is 32.2. The van der Waals surface area contributed by atoms with Gasteiger partial charge in [0.15, 0.2) is 10.6 Å². The molecule has 2 N–H and O–H groups in total. The number of aromatic nitrogens is 2. The van der Waals surface area contributed by atoms with E-state index in [9.17, 15) is 13.5 Å². The highest BCUT2D eigenvalue weighted by molar-refractivity contribution is 7.89. The molecular weight excluding hydrogens is 460 g/mol. The van der Waals surface area contributed by atoms with Crippen molar-refractivity contribution in [3.05, 3.63) is 42.6 Å². The van der Waals surface area contributed by atoms with Crippen molar-refractivity contribution in [1.82, 2.24) is 13.7 Å². The minimum absolute atomic E-state index is 0.197. The van der Waals surface area contributed by atoms with Gasteiger partial charge in [0, 0.05) is 42.3 Å². The van der Waals surface area contributed by atoms with E-state index in [1.165, 1.54) is 10.4 Å². The van der Waals surface area contributed by atoms with Crippen LogP contribution in [0.15, 0.2) is 57.7 Å². The summed E-state index contributed by atoms with van der Waals surface area (Å²) in [6, 6.07) is 10.3. The Morgan fingerprint density at radius 2 is 1.85 bits per heavy atom. The van der Waals surface area contributed by atoms with E-state index < -0.39 is 10.0 Å². The van der Waals surface area contributed by atoms with Crippen molar-refractivity contribution in [1.29, 1.82) is 0 Å². The number of nitrogens with zero attached hydrogens (tertiary/aromatic N) is 5. The fraction of sp³-hybridized carbons (Fsp3) is 0.273. The van der Waals surface area contributed by atoms with Gasteiger partial charge in [0.2, 0.25) is 10.0 Å². The number of aromatic hydroxyl groups is 1. The number of hydrogen-bond acceptors (Lipinski definition) is 9. The lowest BCUT2D eigenvalue weighted by Gasteiger charge is -2.20. The minimum Gasteiger partial charge on any atom is -0.506 e. The number of phenols is 1. The van der Waals surface area contributed by atoms with Crippen molar-refractivity contribution in [3.63, 3.8) is 0 Å². The van der Waals surface area contributed by atoms with Crippen molar-refractivity contribution < 1.29 is 13.5 Å². The largest absolute Gasteiger partial charge is 0.506 e. The van der Waals surface area contributed by atoms with Gasteiger partial charge in [-0.05, 0) is 42.7 Å². The van der Waals surface area contributed by atoms with Gasteiger partial charge in [-0.2, -0.15) is 8.68 Å². The molecule has 2 heterocycles. The predicted molar refractivity (Wildman–Crippen MR) is 131 cm³/mol. The van der Waals surface area contributed by atoms with E-state index in [2.05, 4.69) is 24.9 Å². The molecule has 0 aliphatic rings. The quantitative estimate of drug-likeness (QED) is 0.322. The molecule has 0 fully saturated rings. The summed E-state index contributed by atoms with van der Waals surface area (Å²) in [5.74, 6) is -0.303. The number of hydrogen-bond donors (Lipinski definition) is 2. The number of azo groups is 1. The van der Waals surface area contributed by atoms with Gasteiger partial charge in [-0.1, -0.05) is 26.0 Å². The third kappa shape index (κ3) is 4.14. The summed E-state index contributed by atoms with van der Waals surface area (Å²) >= 11 is 1.16. The second kappa shape index (κ2) is 9.38. The molecule has 0 amide bonds. The molecule has 0 aliphatic heterocycles. The molecular formula is C22H24N6O3S2. The van der Waals surface area contributed by atoms with Gasteiger partial charge in [-0.3, -0.25) is 0 Å². The zero-order valence-corrected chi connectivity index (χ0v) is 20.1. The summed E-state index contributed by atoms with van der Waals surface area (Å²) in [5, 5.41) is 25.4. The zero-order valence-electron chi connectivity index (χ0n) is 18.5. The minimum atomic E-state index is -3.94. The van der Waals surface area contributed by atoms with Crippen LogP contribution in [0.4, 0.5) is 16.4 Å². The SMILES string of the molecule is CCNc1cccc2c(O)c(S(=O)(=O)N(CC)CC)cc(N=Nc3snc4ncccc34)c12. The first-order chi connectivity index (χ1) is 15.9. The van der Waals surface area contributed by atoms with Crippen LogP contribution in [-0.2, 0) is 10.0 Å². The molecule has 0 bridgehead atoms. The Morgan fingerprint density at radius 1 is 1.09 bits per heavy atom. The van der Waals surface area contributed by atoms with Gasteiger partial charge in [0.1, 0.15) is 10.6 Å². The number of anilines is 1. The van der Waals surface area contributed by atoms with Crippen LogP contribution in [-0.4, -0.2) is 46.8 Å². The molecule has 33 heavy (non-hydrogen) atoms. The highest BCUT2D eigenvalue weighted by atomic mass is 32.2. The van der Waals surface area contributed by atoms with E-state index in [4.69, 9.17) is 0 Å². The number of rotatable bonds is 8. The maximum absolute atomic E-state index is 13.3. The third-order valence-corrected chi connectivity index (χ3v) is 8.05. The second-order valence-electron chi connectivity index (χ2n) is 7.15. The number of nitrogens with one attached hydrogen (secondary N) is 1. The molecule has 0 saturated carbocycles. The fourth-order valence-electron chi connectivity index (χ4n) is 3.68. The number of phenolic OH excluding ortho intramolecular Hbond substituents is 1. The molecule has 0 unspecified atom stereocenters. The summed E-state index contributed by atoms with van der Waals surface area (Å²) in [4.78, 5) is 4.01. The zero-order chi connectivity index (χ0) is 23.6. The van der Waals surface area contributed by atoms with Crippen LogP contribution in [0, 0.1) is 0 Å². The number of benzene rings is 2. The van der Waals surface area contributed by atoms with Crippen LogP contribution in [0.3, 0.4) is 0 Å². The second-order valence-corrected chi connectivity index (χ2v) is 9.81. The van der Waals surface area contributed by atoms with Crippen molar-refractivity contribution in [3.8, 4) is 5.75 Å². The van der Waals surface area contributed by atoms with Gasteiger partial charge < -0.3 is 10.4 Å². The van der Waals surface area contributed by atoms with Crippen molar-refractivity contribution in [2.24, 2.45) is 10.2 Å². The first-order valence-electron chi connectivity index (χ1n) is 10.6. The summed E-state index contributed by atoms with van der Waals surface area (Å²) in [5.41, 5.74) is 1.63. The normalized spacial score (nSPS) is 12.4. The van der Waals surface area contributed by atoms with Crippen molar-refractivity contribution in [2.75, 3.05) is 25.0 Å². The van der Waals surface area contributed by atoms with Gasteiger partial charge in [-0.25, -0.2) is 13.4 Å². The molecule has 0 aliphatic carbocycles. The van der Waals surface area contributed by atoms with E-state index in [0.717, 1.165) is 22.6 Å². The summed E-state index contributed by atoms with van der Waals surface area (Å²) in [6.45, 7) is 6.67. The van der Waals surface area contributed by atoms with Crippen LogP contribution in [0.2, 0.25) is 0 Å². The Balaban J connectivity index is 1.97. The smallest absolute Gasteiger partial charge is 0.246 e. The van der Waals surface area contributed by atoms with Crippen molar-refractivity contribution >= 4 is 59.7 Å².